The maximum Gasteiger partial charge on any atom is 0.151 e. The predicted octanol–water partition coefficient (Wildman–Crippen LogP) is 4.84. The minimum absolute atomic E-state index is 0.758. The molecule has 2 N–H and O–H groups in total. The minimum Gasteiger partial charge on any atom is -0.453 e. The largest absolute Gasteiger partial charge is 0.453 e. The van der Waals surface area contributed by atoms with Crippen molar-refractivity contribution < 1.29 is 4.74 Å². The molecule has 0 radical (unpaired) electrons. The van der Waals surface area contributed by atoms with E-state index in [1.165, 1.54) is 0 Å². The average Bonchev–Trinajstić information content (AvgIpc) is 2.53. The third kappa shape index (κ3) is 1.91. The summed E-state index contributed by atoms with van der Waals surface area (Å²) in [6, 6.07) is 23.9. The fourth-order valence-electron chi connectivity index (χ4n) is 2.61. The van der Waals surface area contributed by atoms with Gasteiger partial charge in [-0.25, -0.2) is 0 Å². The molecule has 0 bridgehead atoms. The van der Waals surface area contributed by atoms with Crippen LogP contribution in [0.1, 0.15) is 0 Å². The van der Waals surface area contributed by atoms with E-state index in [9.17, 15) is 0 Å². The second-order valence-electron chi connectivity index (χ2n) is 4.96. The molecule has 0 spiro atoms. The molecule has 3 aromatic rings. The Labute approximate surface area is 123 Å². The summed E-state index contributed by atoms with van der Waals surface area (Å²) < 4.78 is 5.99. The molecule has 0 unspecified atom stereocenters. The highest BCUT2D eigenvalue weighted by atomic mass is 16.5. The molecule has 1 heterocycles. The number of anilines is 4. The standard InChI is InChI=1S/C18H14N2O/c19-13-9-11-14(12-10-13)20-15-5-1-3-7-17(15)21-18-8-4-2-6-16(18)20/h1-12H,19H2. The SMILES string of the molecule is Nc1ccc(N2c3ccccc3Oc3ccccc32)cc1. The van der Waals surface area contributed by atoms with Crippen molar-refractivity contribution >= 4 is 22.7 Å². The molecular formula is C18H14N2O. The third-order valence-electron chi connectivity index (χ3n) is 3.58. The number of para-hydroxylation sites is 4. The van der Waals surface area contributed by atoms with Crippen LogP contribution in [0.4, 0.5) is 22.7 Å². The summed E-state index contributed by atoms with van der Waals surface area (Å²) in [7, 11) is 0. The number of benzene rings is 3. The smallest absolute Gasteiger partial charge is 0.151 e. The van der Waals surface area contributed by atoms with E-state index < -0.39 is 0 Å². The molecule has 0 fully saturated rings. The van der Waals surface area contributed by atoms with Crippen LogP contribution in [-0.2, 0) is 0 Å². The monoisotopic (exact) mass is 274 g/mol. The molecule has 0 aromatic heterocycles. The van der Waals surface area contributed by atoms with Gasteiger partial charge in [-0.05, 0) is 48.5 Å². The highest BCUT2D eigenvalue weighted by Gasteiger charge is 2.24. The van der Waals surface area contributed by atoms with Crippen molar-refractivity contribution in [2.24, 2.45) is 0 Å². The van der Waals surface area contributed by atoms with Gasteiger partial charge in [0.05, 0.1) is 11.4 Å². The molecule has 4 rings (SSSR count). The van der Waals surface area contributed by atoms with Gasteiger partial charge >= 0.3 is 0 Å². The van der Waals surface area contributed by atoms with Gasteiger partial charge in [0.15, 0.2) is 11.5 Å². The van der Waals surface area contributed by atoms with Gasteiger partial charge in [-0.15, -0.1) is 0 Å². The van der Waals surface area contributed by atoms with E-state index in [0.717, 1.165) is 34.2 Å². The van der Waals surface area contributed by atoms with Gasteiger partial charge in [-0.2, -0.15) is 0 Å². The number of hydrogen-bond donors (Lipinski definition) is 1. The highest BCUT2D eigenvalue weighted by Crippen LogP contribution is 2.49. The van der Waals surface area contributed by atoms with Gasteiger partial charge in [0.25, 0.3) is 0 Å². The lowest BCUT2D eigenvalue weighted by molar-refractivity contribution is 0.477. The molecule has 1 aliphatic heterocycles. The van der Waals surface area contributed by atoms with Gasteiger partial charge in [-0.3, -0.25) is 0 Å². The Bertz CT molecular complexity index is 751. The lowest BCUT2D eigenvalue weighted by Gasteiger charge is -2.32. The van der Waals surface area contributed by atoms with Crippen molar-refractivity contribution in [3.05, 3.63) is 72.8 Å². The maximum absolute atomic E-state index is 5.99. The van der Waals surface area contributed by atoms with Gasteiger partial charge in [0.1, 0.15) is 0 Å². The summed E-state index contributed by atoms with van der Waals surface area (Å²) in [6.07, 6.45) is 0. The number of ether oxygens (including phenoxy) is 1. The number of fused-ring (bicyclic) bond motifs is 2. The summed E-state index contributed by atoms with van der Waals surface area (Å²) in [4.78, 5) is 2.19. The van der Waals surface area contributed by atoms with Gasteiger partial charge in [0.2, 0.25) is 0 Å². The molecule has 0 amide bonds. The van der Waals surface area contributed by atoms with Crippen molar-refractivity contribution in [2.45, 2.75) is 0 Å². The quantitative estimate of drug-likeness (QED) is 0.504. The van der Waals surface area contributed by atoms with Crippen LogP contribution in [0.3, 0.4) is 0 Å². The van der Waals surface area contributed by atoms with Crippen LogP contribution in [0.5, 0.6) is 11.5 Å². The Morgan fingerprint density at radius 1 is 0.667 bits per heavy atom. The van der Waals surface area contributed by atoms with Gasteiger partial charge in [-0.1, -0.05) is 24.3 Å². The zero-order chi connectivity index (χ0) is 14.2. The number of nitrogens with zero attached hydrogens (tertiary/aromatic N) is 1. The van der Waals surface area contributed by atoms with E-state index in [2.05, 4.69) is 17.0 Å². The number of nitrogens with two attached hydrogens (primary N) is 1. The first-order chi connectivity index (χ1) is 10.3. The van der Waals surface area contributed by atoms with Crippen molar-refractivity contribution in [1.82, 2.24) is 0 Å². The Balaban J connectivity index is 1.95. The van der Waals surface area contributed by atoms with Crippen LogP contribution in [0.25, 0.3) is 0 Å². The van der Waals surface area contributed by atoms with E-state index in [4.69, 9.17) is 10.5 Å². The minimum atomic E-state index is 0.758. The van der Waals surface area contributed by atoms with E-state index in [-0.39, 0.29) is 0 Å². The number of rotatable bonds is 1. The van der Waals surface area contributed by atoms with Crippen LogP contribution in [0.15, 0.2) is 72.8 Å². The summed E-state index contributed by atoms with van der Waals surface area (Å²) >= 11 is 0. The fourth-order valence-corrected chi connectivity index (χ4v) is 2.61. The molecule has 0 saturated carbocycles. The first-order valence-corrected chi connectivity index (χ1v) is 6.84. The molecule has 3 nitrogen and oxygen atoms in total. The Kier molecular flexibility index (Phi) is 2.57. The zero-order valence-corrected chi connectivity index (χ0v) is 11.4. The Morgan fingerprint density at radius 2 is 1.19 bits per heavy atom. The Morgan fingerprint density at radius 3 is 1.76 bits per heavy atom. The van der Waals surface area contributed by atoms with E-state index in [0.29, 0.717) is 0 Å². The topological polar surface area (TPSA) is 38.5 Å². The summed E-state index contributed by atoms with van der Waals surface area (Å²) in [5, 5.41) is 0. The van der Waals surface area contributed by atoms with Crippen LogP contribution < -0.4 is 15.4 Å². The molecule has 21 heavy (non-hydrogen) atoms. The van der Waals surface area contributed by atoms with Crippen LogP contribution in [0, 0.1) is 0 Å². The molecular weight excluding hydrogens is 260 g/mol. The van der Waals surface area contributed by atoms with Gasteiger partial charge in [0, 0.05) is 11.4 Å². The molecule has 3 heteroatoms. The van der Waals surface area contributed by atoms with Crippen LogP contribution in [-0.4, -0.2) is 0 Å². The molecule has 0 aliphatic carbocycles. The first kappa shape index (κ1) is 11.9. The average molecular weight is 274 g/mol. The second kappa shape index (κ2) is 4.56. The lowest BCUT2D eigenvalue weighted by Crippen LogP contribution is -2.15. The van der Waals surface area contributed by atoms with E-state index in [1.807, 2.05) is 60.7 Å². The fraction of sp³-hybridized carbons (Fsp3) is 0. The molecule has 3 aromatic carbocycles. The number of hydrogen-bond acceptors (Lipinski definition) is 3. The molecule has 102 valence electrons. The molecule has 1 aliphatic rings. The second-order valence-corrected chi connectivity index (χ2v) is 4.96. The van der Waals surface area contributed by atoms with E-state index >= 15 is 0 Å². The normalized spacial score (nSPS) is 12.3. The summed E-state index contributed by atoms with van der Waals surface area (Å²) in [6.45, 7) is 0. The number of nitrogen functional groups attached to an aromatic ring is 1. The predicted molar refractivity (Wildman–Crippen MR) is 85.6 cm³/mol. The van der Waals surface area contributed by atoms with E-state index in [1.54, 1.807) is 0 Å². The summed E-state index contributed by atoms with van der Waals surface area (Å²) in [5.74, 6) is 1.71. The van der Waals surface area contributed by atoms with Crippen molar-refractivity contribution in [2.75, 3.05) is 10.6 Å². The first-order valence-electron chi connectivity index (χ1n) is 6.84. The van der Waals surface area contributed by atoms with Gasteiger partial charge < -0.3 is 15.4 Å². The lowest BCUT2D eigenvalue weighted by atomic mass is 10.1. The summed E-state index contributed by atoms with van der Waals surface area (Å²) in [5.41, 5.74) is 9.68. The molecule has 0 atom stereocenters. The maximum atomic E-state index is 5.99. The third-order valence-corrected chi connectivity index (χ3v) is 3.58. The van der Waals surface area contributed by atoms with Crippen LogP contribution in [0.2, 0.25) is 0 Å². The van der Waals surface area contributed by atoms with Crippen molar-refractivity contribution in [1.29, 1.82) is 0 Å². The van der Waals surface area contributed by atoms with Crippen molar-refractivity contribution in [3.63, 3.8) is 0 Å². The highest BCUT2D eigenvalue weighted by molar-refractivity contribution is 5.86. The Hall–Kier alpha value is -2.94. The van der Waals surface area contributed by atoms with Crippen molar-refractivity contribution in [3.8, 4) is 11.5 Å². The zero-order valence-electron chi connectivity index (χ0n) is 11.4. The molecule has 0 saturated heterocycles. The van der Waals surface area contributed by atoms with Crippen LogP contribution >= 0.6 is 0 Å².